The molecule has 1 atom stereocenters. The van der Waals surface area contributed by atoms with E-state index >= 15 is 0 Å². The van der Waals surface area contributed by atoms with E-state index in [-0.39, 0.29) is 24.1 Å². The predicted molar refractivity (Wildman–Crippen MR) is 96.9 cm³/mol. The van der Waals surface area contributed by atoms with Crippen LogP contribution >= 0.6 is 0 Å². The molecule has 0 aliphatic carbocycles. The first kappa shape index (κ1) is 16.6. The lowest BCUT2D eigenvalue weighted by Crippen LogP contribution is -2.33. The molecule has 0 saturated carbocycles. The van der Waals surface area contributed by atoms with Crippen molar-refractivity contribution < 1.29 is 4.79 Å². The van der Waals surface area contributed by atoms with Crippen LogP contribution in [0, 0.1) is 0 Å². The third kappa shape index (κ3) is 4.20. The number of nitrogens with zero attached hydrogens (tertiary/aromatic N) is 2. The predicted octanol–water partition coefficient (Wildman–Crippen LogP) is 2.79. The summed E-state index contributed by atoms with van der Waals surface area (Å²) in [5.41, 5.74) is 2.23. The van der Waals surface area contributed by atoms with Gasteiger partial charge in [0, 0.05) is 11.6 Å². The molecule has 0 spiro atoms. The lowest BCUT2D eigenvalue weighted by molar-refractivity contribution is -0.122. The van der Waals surface area contributed by atoms with Gasteiger partial charge < -0.3 is 5.32 Å². The van der Waals surface area contributed by atoms with Crippen molar-refractivity contribution in [1.29, 1.82) is 0 Å². The number of rotatable bonds is 5. The summed E-state index contributed by atoms with van der Waals surface area (Å²) in [6.07, 6.45) is 1.41. The van der Waals surface area contributed by atoms with Crippen molar-refractivity contribution in [3.05, 3.63) is 89.0 Å². The Morgan fingerprint density at radius 1 is 1.08 bits per heavy atom. The van der Waals surface area contributed by atoms with E-state index in [0.29, 0.717) is 5.69 Å². The summed E-state index contributed by atoms with van der Waals surface area (Å²) in [6.45, 7) is 1.85. The van der Waals surface area contributed by atoms with Gasteiger partial charge in [-0.1, -0.05) is 60.7 Å². The van der Waals surface area contributed by atoms with Crippen LogP contribution in [0.1, 0.15) is 18.5 Å². The first-order chi connectivity index (χ1) is 12.1. The molecule has 0 radical (unpaired) electrons. The molecule has 0 saturated heterocycles. The SMILES string of the molecule is C[C@H](NC(=O)Cn1cnc(-c2ccccc2)cc1=O)c1ccccc1. The number of hydrogen-bond donors (Lipinski definition) is 1. The number of aromatic nitrogens is 2. The van der Waals surface area contributed by atoms with E-state index in [0.717, 1.165) is 11.1 Å². The fraction of sp³-hybridized carbons (Fsp3) is 0.150. The summed E-state index contributed by atoms with van der Waals surface area (Å²) in [5, 5.41) is 2.89. The fourth-order valence-electron chi connectivity index (χ4n) is 2.58. The molecule has 3 rings (SSSR count). The summed E-state index contributed by atoms with van der Waals surface area (Å²) in [7, 11) is 0. The molecule has 25 heavy (non-hydrogen) atoms. The van der Waals surface area contributed by atoms with Crippen molar-refractivity contribution in [2.24, 2.45) is 0 Å². The van der Waals surface area contributed by atoms with Crippen LogP contribution in [-0.2, 0) is 11.3 Å². The van der Waals surface area contributed by atoms with Crippen LogP contribution in [0.3, 0.4) is 0 Å². The normalized spacial score (nSPS) is 11.7. The van der Waals surface area contributed by atoms with E-state index < -0.39 is 0 Å². The average Bonchev–Trinajstić information content (AvgIpc) is 2.65. The van der Waals surface area contributed by atoms with Crippen molar-refractivity contribution in [1.82, 2.24) is 14.9 Å². The molecule has 1 aromatic heterocycles. The summed E-state index contributed by atoms with van der Waals surface area (Å²) < 4.78 is 1.31. The first-order valence-electron chi connectivity index (χ1n) is 8.10. The number of carbonyl (C=O) groups is 1. The molecular weight excluding hydrogens is 314 g/mol. The molecule has 0 aliphatic rings. The molecule has 0 unspecified atom stereocenters. The molecule has 1 heterocycles. The molecule has 1 N–H and O–H groups in total. The van der Waals surface area contributed by atoms with Crippen LogP contribution in [0.4, 0.5) is 0 Å². The van der Waals surface area contributed by atoms with Gasteiger partial charge in [0.25, 0.3) is 5.56 Å². The molecule has 0 aliphatic heterocycles. The zero-order valence-corrected chi connectivity index (χ0v) is 13.9. The number of amides is 1. The van der Waals surface area contributed by atoms with Gasteiger partial charge in [0.15, 0.2) is 0 Å². The summed E-state index contributed by atoms with van der Waals surface area (Å²) in [4.78, 5) is 28.7. The van der Waals surface area contributed by atoms with E-state index in [1.165, 1.54) is 17.0 Å². The zero-order valence-electron chi connectivity index (χ0n) is 13.9. The highest BCUT2D eigenvalue weighted by Gasteiger charge is 2.11. The van der Waals surface area contributed by atoms with E-state index in [1.54, 1.807) is 0 Å². The van der Waals surface area contributed by atoms with Gasteiger partial charge in [0.1, 0.15) is 6.54 Å². The first-order valence-corrected chi connectivity index (χ1v) is 8.10. The molecule has 5 nitrogen and oxygen atoms in total. The Bertz CT molecular complexity index is 905. The van der Waals surface area contributed by atoms with Gasteiger partial charge in [-0.25, -0.2) is 4.98 Å². The van der Waals surface area contributed by atoms with Crippen molar-refractivity contribution in [2.45, 2.75) is 19.5 Å². The van der Waals surface area contributed by atoms with Gasteiger partial charge >= 0.3 is 0 Å². The van der Waals surface area contributed by atoms with Gasteiger partial charge in [0.2, 0.25) is 5.91 Å². The van der Waals surface area contributed by atoms with Crippen molar-refractivity contribution >= 4 is 5.91 Å². The lowest BCUT2D eigenvalue weighted by Gasteiger charge is -2.14. The highest BCUT2D eigenvalue weighted by Crippen LogP contribution is 2.13. The van der Waals surface area contributed by atoms with E-state index in [4.69, 9.17) is 0 Å². The quantitative estimate of drug-likeness (QED) is 0.781. The Labute approximate surface area is 146 Å². The minimum Gasteiger partial charge on any atom is -0.348 e. The number of hydrogen-bond acceptors (Lipinski definition) is 3. The van der Waals surface area contributed by atoms with Gasteiger partial charge in [-0.15, -0.1) is 0 Å². The Kier molecular flexibility index (Phi) is 5.04. The van der Waals surface area contributed by atoms with Crippen LogP contribution in [-0.4, -0.2) is 15.5 Å². The maximum atomic E-state index is 12.2. The second-order valence-electron chi connectivity index (χ2n) is 5.81. The Morgan fingerprint density at radius 3 is 2.36 bits per heavy atom. The minimum atomic E-state index is -0.253. The maximum absolute atomic E-state index is 12.2. The third-order valence-corrected chi connectivity index (χ3v) is 3.94. The lowest BCUT2D eigenvalue weighted by atomic mass is 10.1. The summed E-state index contributed by atoms with van der Waals surface area (Å²) in [5.74, 6) is -0.229. The van der Waals surface area contributed by atoms with Crippen LogP contribution in [0.5, 0.6) is 0 Å². The van der Waals surface area contributed by atoms with Crippen LogP contribution < -0.4 is 10.9 Å². The standard InChI is InChI=1S/C20H19N3O2/c1-15(16-8-4-2-5-9-16)22-19(24)13-23-14-21-18(12-20(23)25)17-10-6-3-7-11-17/h2-12,14-15H,13H2,1H3,(H,22,24)/t15-/m0/s1. The molecule has 0 bridgehead atoms. The van der Waals surface area contributed by atoms with Gasteiger partial charge in [-0.05, 0) is 12.5 Å². The van der Waals surface area contributed by atoms with Crippen molar-refractivity contribution in [3.8, 4) is 11.3 Å². The topological polar surface area (TPSA) is 64.0 Å². The average molecular weight is 333 g/mol. The zero-order chi connectivity index (χ0) is 17.6. The van der Waals surface area contributed by atoms with E-state index in [2.05, 4.69) is 10.3 Å². The highest BCUT2D eigenvalue weighted by atomic mass is 16.2. The summed E-state index contributed by atoms with van der Waals surface area (Å²) >= 11 is 0. The largest absolute Gasteiger partial charge is 0.348 e. The molecule has 126 valence electrons. The van der Waals surface area contributed by atoms with Gasteiger partial charge in [0.05, 0.1) is 18.1 Å². The van der Waals surface area contributed by atoms with E-state index in [9.17, 15) is 9.59 Å². The maximum Gasteiger partial charge on any atom is 0.254 e. The minimum absolute atomic E-state index is 0.0575. The number of benzene rings is 2. The second kappa shape index (κ2) is 7.57. The van der Waals surface area contributed by atoms with Crippen LogP contribution in [0.2, 0.25) is 0 Å². The number of carbonyl (C=O) groups excluding carboxylic acids is 1. The fourth-order valence-corrected chi connectivity index (χ4v) is 2.58. The second-order valence-corrected chi connectivity index (χ2v) is 5.81. The van der Waals surface area contributed by atoms with Crippen LogP contribution in [0.15, 0.2) is 77.9 Å². The molecule has 5 heteroatoms. The highest BCUT2D eigenvalue weighted by molar-refractivity contribution is 5.76. The Hall–Kier alpha value is -3.21. The third-order valence-electron chi connectivity index (χ3n) is 3.94. The smallest absolute Gasteiger partial charge is 0.254 e. The van der Waals surface area contributed by atoms with Crippen molar-refractivity contribution in [2.75, 3.05) is 0 Å². The molecule has 2 aromatic carbocycles. The monoisotopic (exact) mass is 333 g/mol. The molecular formula is C20H19N3O2. The molecule has 1 amide bonds. The van der Waals surface area contributed by atoms with Gasteiger partial charge in [-0.2, -0.15) is 0 Å². The van der Waals surface area contributed by atoms with E-state index in [1.807, 2.05) is 67.6 Å². The van der Waals surface area contributed by atoms with Crippen molar-refractivity contribution in [3.63, 3.8) is 0 Å². The summed E-state index contributed by atoms with van der Waals surface area (Å²) in [6, 6.07) is 20.5. The molecule has 0 fully saturated rings. The van der Waals surface area contributed by atoms with Gasteiger partial charge in [-0.3, -0.25) is 14.2 Å². The number of nitrogens with one attached hydrogen (secondary N) is 1. The van der Waals surface area contributed by atoms with Crippen LogP contribution in [0.25, 0.3) is 11.3 Å². The molecule has 3 aromatic rings. The Balaban J connectivity index is 1.69. The Morgan fingerprint density at radius 2 is 1.72 bits per heavy atom.